The van der Waals surface area contributed by atoms with Crippen LogP contribution in [0, 0.1) is 5.41 Å². The van der Waals surface area contributed by atoms with Gasteiger partial charge >= 0.3 is 0 Å². The number of aromatic nitrogens is 1. The molecule has 20 heavy (non-hydrogen) atoms. The van der Waals surface area contributed by atoms with Crippen molar-refractivity contribution in [2.45, 2.75) is 26.2 Å². The third kappa shape index (κ3) is 2.93. The number of rotatable bonds is 4. The molecule has 2 rings (SSSR count). The fourth-order valence-electron chi connectivity index (χ4n) is 2.79. The lowest BCUT2D eigenvalue weighted by Crippen LogP contribution is -2.47. The first kappa shape index (κ1) is 14.8. The summed E-state index contributed by atoms with van der Waals surface area (Å²) in [5.41, 5.74) is 0.515. The van der Waals surface area contributed by atoms with Gasteiger partial charge in [-0.25, -0.2) is 4.98 Å². The number of amides is 1. The highest BCUT2D eigenvalue weighted by molar-refractivity contribution is 5.94. The zero-order chi connectivity index (χ0) is 14.6. The maximum absolute atomic E-state index is 12.6. The summed E-state index contributed by atoms with van der Waals surface area (Å²) < 4.78 is 0. The molecule has 1 amide bonds. The Labute approximate surface area is 120 Å². The number of carbonyl (C=O) groups is 1. The summed E-state index contributed by atoms with van der Waals surface area (Å²) in [6, 6.07) is 3.51. The molecule has 1 unspecified atom stereocenters. The minimum atomic E-state index is -0.132. The fourth-order valence-corrected chi connectivity index (χ4v) is 2.79. The third-order valence-corrected chi connectivity index (χ3v) is 4.30. The van der Waals surface area contributed by atoms with Crippen LogP contribution in [-0.2, 0) is 0 Å². The number of aliphatic hydroxyl groups is 1. The summed E-state index contributed by atoms with van der Waals surface area (Å²) >= 11 is 0. The molecule has 0 radical (unpaired) electrons. The monoisotopic (exact) mass is 277 g/mol. The average molecular weight is 277 g/mol. The molecule has 1 fully saturated rings. The smallest absolute Gasteiger partial charge is 0.254 e. The standard InChI is InChI=1S/C15H23N3O2/c1-3-15(11-19)6-4-8-18(10-15)14(20)12-5-7-17-13(9-12)16-2/h5,7,9,19H,3-4,6,8,10-11H2,1-2H3,(H,16,17). The SMILES string of the molecule is CCC1(CO)CCCN(C(=O)c2ccnc(NC)c2)C1. The summed E-state index contributed by atoms with van der Waals surface area (Å²) in [7, 11) is 1.78. The number of hydrogen-bond donors (Lipinski definition) is 2. The first-order valence-electron chi connectivity index (χ1n) is 7.18. The number of piperidine rings is 1. The Hall–Kier alpha value is -1.62. The van der Waals surface area contributed by atoms with E-state index in [9.17, 15) is 9.90 Å². The zero-order valence-electron chi connectivity index (χ0n) is 12.2. The number of carbonyl (C=O) groups excluding carboxylic acids is 1. The van der Waals surface area contributed by atoms with Gasteiger partial charge in [-0.05, 0) is 31.4 Å². The van der Waals surface area contributed by atoms with Crippen molar-refractivity contribution in [2.24, 2.45) is 5.41 Å². The van der Waals surface area contributed by atoms with E-state index in [0.717, 1.165) is 25.8 Å². The average Bonchev–Trinajstić information content (AvgIpc) is 2.54. The molecule has 5 heteroatoms. The summed E-state index contributed by atoms with van der Waals surface area (Å²) in [4.78, 5) is 18.6. The molecule has 1 aliphatic rings. The largest absolute Gasteiger partial charge is 0.396 e. The Morgan fingerprint density at radius 1 is 1.60 bits per heavy atom. The van der Waals surface area contributed by atoms with Gasteiger partial charge in [0, 0.05) is 37.3 Å². The highest BCUT2D eigenvalue weighted by Crippen LogP contribution is 2.33. The molecule has 0 bridgehead atoms. The molecular formula is C15H23N3O2. The summed E-state index contributed by atoms with van der Waals surface area (Å²) in [5.74, 6) is 0.714. The third-order valence-electron chi connectivity index (χ3n) is 4.30. The minimum absolute atomic E-state index is 0.0230. The van der Waals surface area contributed by atoms with E-state index in [0.29, 0.717) is 17.9 Å². The topological polar surface area (TPSA) is 65.5 Å². The number of nitrogens with zero attached hydrogens (tertiary/aromatic N) is 2. The molecule has 0 aromatic carbocycles. The van der Waals surface area contributed by atoms with E-state index in [1.165, 1.54) is 0 Å². The Morgan fingerprint density at radius 3 is 3.05 bits per heavy atom. The summed E-state index contributed by atoms with van der Waals surface area (Å²) in [5, 5.41) is 12.6. The second-order valence-corrected chi connectivity index (χ2v) is 5.52. The molecule has 1 aromatic heterocycles. The van der Waals surface area contributed by atoms with E-state index in [1.807, 2.05) is 4.90 Å². The molecule has 1 aliphatic heterocycles. The van der Waals surface area contributed by atoms with E-state index in [2.05, 4.69) is 17.2 Å². The van der Waals surface area contributed by atoms with Crippen molar-refractivity contribution >= 4 is 11.7 Å². The van der Waals surface area contributed by atoms with Crippen LogP contribution in [-0.4, -0.2) is 47.6 Å². The van der Waals surface area contributed by atoms with Crippen LogP contribution < -0.4 is 5.32 Å². The predicted octanol–water partition coefficient (Wildman–Crippen LogP) is 1.75. The molecule has 1 saturated heterocycles. The number of nitrogens with one attached hydrogen (secondary N) is 1. The number of aliphatic hydroxyl groups excluding tert-OH is 1. The number of hydrogen-bond acceptors (Lipinski definition) is 4. The lowest BCUT2D eigenvalue weighted by Gasteiger charge is -2.41. The molecule has 1 aromatic rings. The highest BCUT2D eigenvalue weighted by Gasteiger charge is 2.35. The maximum Gasteiger partial charge on any atom is 0.254 e. The van der Waals surface area contributed by atoms with E-state index >= 15 is 0 Å². The number of anilines is 1. The molecule has 5 nitrogen and oxygen atoms in total. The first-order valence-corrected chi connectivity index (χ1v) is 7.18. The normalized spacial score (nSPS) is 22.6. The van der Waals surface area contributed by atoms with Gasteiger partial charge in [-0.3, -0.25) is 4.79 Å². The van der Waals surface area contributed by atoms with Crippen molar-refractivity contribution in [3.63, 3.8) is 0 Å². The summed E-state index contributed by atoms with van der Waals surface area (Å²) in [6.45, 7) is 3.62. The molecule has 0 saturated carbocycles. The van der Waals surface area contributed by atoms with Gasteiger partial charge in [0.05, 0.1) is 6.61 Å². The van der Waals surface area contributed by atoms with E-state index < -0.39 is 0 Å². The Bertz CT molecular complexity index is 472. The van der Waals surface area contributed by atoms with Gasteiger partial charge < -0.3 is 15.3 Å². The van der Waals surface area contributed by atoms with Crippen LogP contribution in [0.3, 0.4) is 0 Å². The van der Waals surface area contributed by atoms with Crippen molar-refractivity contribution in [2.75, 3.05) is 32.1 Å². The van der Waals surface area contributed by atoms with Gasteiger partial charge in [-0.15, -0.1) is 0 Å². The van der Waals surface area contributed by atoms with Crippen molar-refractivity contribution in [3.8, 4) is 0 Å². The molecule has 110 valence electrons. The molecule has 1 atom stereocenters. The molecule has 2 heterocycles. The van der Waals surface area contributed by atoms with Crippen LogP contribution in [0.5, 0.6) is 0 Å². The van der Waals surface area contributed by atoms with E-state index in [4.69, 9.17) is 0 Å². The maximum atomic E-state index is 12.6. The number of pyridine rings is 1. The molecule has 0 aliphatic carbocycles. The molecular weight excluding hydrogens is 254 g/mol. The van der Waals surface area contributed by atoms with Crippen molar-refractivity contribution < 1.29 is 9.90 Å². The fraction of sp³-hybridized carbons (Fsp3) is 0.600. The molecule has 0 spiro atoms. The van der Waals surface area contributed by atoms with Crippen molar-refractivity contribution in [3.05, 3.63) is 23.9 Å². The van der Waals surface area contributed by atoms with E-state index in [1.54, 1.807) is 25.4 Å². The number of likely N-dealkylation sites (tertiary alicyclic amines) is 1. The lowest BCUT2D eigenvalue weighted by atomic mass is 9.78. The lowest BCUT2D eigenvalue weighted by molar-refractivity contribution is 0.0251. The van der Waals surface area contributed by atoms with Gasteiger partial charge in [-0.1, -0.05) is 6.92 Å². The Morgan fingerprint density at radius 2 is 2.40 bits per heavy atom. The summed E-state index contributed by atoms with van der Waals surface area (Å²) in [6.07, 6.45) is 4.47. The quantitative estimate of drug-likeness (QED) is 0.880. The van der Waals surface area contributed by atoms with E-state index in [-0.39, 0.29) is 17.9 Å². The van der Waals surface area contributed by atoms with Gasteiger partial charge in [0.1, 0.15) is 5.82 Å². The van der Waals surface area contributed by atoms with Crippen LogP contribution in [0.25, 0.3) is 0 Å². The Balaban J connectivity index is 2.16. The van der Waals surface area contributed by atoms with Gasteiger partial charge in [0.2, 0.25) is 0 Å². The first-order chi connectivity index (χ1) is 9.64. The van der Waals surface area contributed by atoms with Crippen LogP contribution >= 0.6 is 0 Å². The van der Waals surface area contributed by atoms with Crippen molar-refractivity contribution in [1.29, 1.82) is 0 Å². The van der Waals surface area contributed by atoms with Crippen LogP contribution in [0.15, 0.2) is 18.3 Å². The van der Waals surface area contributed by atoms with Crippen molar-refractivity contribution in [1.82, 2.24) is 9.88 Å². The Kier molecular flexibility index (Phi) is 4.60. The molecule has 2 N–H and O–H groups in total. The van der Waals surface area contributed by atoms with Gasteiger partial charge in [0.25, 0.3) is 5.91 Å². The van der Waals surface area contributed by atoms with Crippen LogP contribution in [0.4, 0.5) is 5.82 Å². The van der Waals surface area contributed by atoms with Crippen LogP contribution in [0.1, 0.15) is 36.5 Å². The second-order valence-electron chi connectivity index (χ2n) is 5.52. The van der Waals surface area contributed by atoms with Gasteiger partial charge in [-0.2, -0.15) is 0 Å². The van der Waals surface area contributed by atoms with Gasteiger partial charge in [0.15, 0.2) is 0 Å². The van der Waals surface area contributed by atoms with Crippen LogP contribution in [0.2, 0.25) is 0 Å². The predicted molar refractivity (Wildman–Crippen MR) is 78.7 cm³/mol. The highest BCUT2D eigenvalue weighted by atomic mass is 16.3. The zero-order valence-corrected chi connectivity index (χ0v) is 12.2. The second kappa shape index (κ2) is 6.22. The minimum Gasteiger partial charge on any atom is -0.396 e.